The molecule has 1 fully saturated rings. The van der Waals surface area contributed by atoms with E-state index < -0.39 is 0 Å². The van der Waals surface area contributed by atoms with Crippen molar-refractivity contribution in [2.45, 2.75) is 45.7 Å². The van der Waals surface area contributed by atoms with Crippen molar-refractivity contribution < 1.29 is 9.32 Å². The third kappa shape index (κ3) is 3.89. The number of imidazole rings is 1. The van der Waals surface area contributed by atoms with Crippen molar-refractivity contribution in [2.24, 2.45) is 0 Å². The summed E-state index contributed by atoms with van der Waals surface area (Å²) >= 11 is 0. The molecule has 3 rings (SSSR count). The van der Waals surface area contributed by atoms with Gasteiger partial charge in [0.1, 0.15) is 11.9 Å². The van der Waals surface area contributed by atoms with Gasteiger partial charge in [-0.1, -0.05) is 19.0 Å². The molecule has 1 saturated heterocycles. The van der Waals surface area contributed by atoms with Gasteiger partial charge >= 0.3 is 0 Å². The summed E-state index contributed by atoms with van der Waals surface area (Å²) in [6, 6.07) is -0.0432. The minimum Gasteiger partial charge on any atom is -0.339 e. The third-order valence-corrected chi connectivity index (χ3v) is 4.66. The molecule has 1 aliphatic rings. The maximum Gasteiger partial charge on any atom is 0.245 e. The Labute approximate surface area is 147 Å². The Morgan fingerprint density at radius 2 is 2.20 bits per heavy atom. The van der Waals surface area contributed by atoms with Crippen LogP contribution in [0, 0.1) is 6.92 Å². The standard InChI is InChI=1S/C17H26N6O2/c1-12(2)16-18-6-8-22(16)7-5-15(24)23-10-9-21(4)14(11-23)17-19-13(3)20-25-17/h6,8,12,14H,5,7,9-11H2,1-4H3/t14-/m0/s1. The lowest BCUT2D eigenvalue weighted by Gasteiger charge is -2.37. The second-order valence-corrected chi connectivity index (χ2v) is 6.90. The highest BCUT2D eigenvalue weighted by Crippen LogP contribution is 2.23. The average Bonchev–Trinajstić information content (AvgIpc) is 3.22. The van der Waals surface area contributed by atoms with Crippen LogP contribution < -0.4 is 0 Å². The van der Waals surface area contributed by atoms with Crippen LogP contribution in [0.15, 0.2) is 16.9 Å². The van der Waals surface area contributed by atoms with Crippen LogP contribution in [0.4, 0.5) is 0 Å². The van der Waals surface area contributed by atoms with Crippen molar-refractivity contribution in [1.82, 2.24) is 29.5 Å². The Kier molecular flexibility index (Phi) is 5.17. The van der Waals surface area contributed by atoms with E-state index >= 15 is 0 Å². The SMILES string of the molecule is Cc1noc([C@@H]2CN(C(=O)CCn3ccnc3C(C)C)CCN2C)n1. The zero-order chi connectivity index (χ0) is 18.0. The molecule has 1 atom stereocenters. The Hall–Kier alpha value is -2.22. The summed E-state index contributed by atoms with van der Waals surface area (Å²) in [7, 11) is 2.02. The van der Waals surface area contributed by atoms with Gasteiger partial charge in [-0.2, -0.15) is 4.98 Å². The van der Waals surface area contributed by atoms with Crippen LogP contribution in [0.25, 0.3) is 0 Å². The molecular formula is C17H26N6O2. The molecule has 1 aliphatic heterocycles. The summed E-state index contributed by atoms with van der Waals surface area (Å²) in [6.07, 6.45) is 4.20. The number of likely N-dealkylation sites (N-methyl/N-ethyl adjacent to an activating group) is 1. The summed E-state index contributed by atoms with van der Waals surface area (Å²) in [5.74, 6) is 2.71. The lowest BCUT2D eigenvalue weighted by atomic mass is 10.1. The highest BCUT2D eigenvalue weighted by molar-refractivity contribution is 5.76. The van der Waals surface area contributed by atoms with Gasteiger partial charge in [-0.05, 0) is 14.0 Å². The van der Waals surface area contributed by atoms with Gasteiger partial charge in [0.05, 0.1) is 0 Å². The fraction of sp³-hybridized carbons (Fsp3) is 0.647. The molecule has 2 aromatic rings. The van der Waals surface area contributed by atoms with Gasteiger partial charge in [0, 0.05) is 50.9 Å². The number of carbonyl (C=O) groups excluding carboxylic acids is 1. The quantitative estimate of drug-likeness (QED) is 0.818. The first-order valence-electron chi connectivity index (χ1n) is 8.75. The molecule has 0 saturated carbocycles. The lowest BCUT2D eigenvalue weighted by Crippen LogP contribution is -2.49. The van der Waals surface area contributed by atoms with Gasteiger partial charge in [-0.25, -0.2) is 4.98 Å². The number of carbonyl (C=O) groups is 1. The zero-order valence-electron chi connectivity index (χ0n) is 15.3. The van der Waals surface area contributed by atoms with Crippen molar-refractivity contribution in [1.29, 1.82) is 0 Å². The van der Waals surface area contributed by atoms with Gasteiger partial charge < -0.3 is 14.0 Å². The molecule has 1 amide bonds. The predicted molar refractivity (Wildman–Crippen MR) is 91.9 cm³/mol. The normalized spacial score (nSPS) is 18.9. The van der Waals surface area contributed by atoms with Gasteiger partial charge in [0.25, 0.3) is 0 Å². The molecule has 0 aromatic carbocycles. The van der Waals surface area contributed by atoms with Gasteiger partial charge in [-0.3, -0.25) is 9.69 Å². The van der Waals surface area contributed by atoms with Crippen LogP contribution in [0.1, 0.15) is 49.8 Å². The van der Waals surface area contributed by atoms with Crippen LogP contribution in [-0.2, 0) is 11.3 Å². The molecule has 25 heavy (non-hydrogen) atoms. The van der Waals surface area contributed by atoms with Crippen LogP contribution in [-0.4, -0.2) is 62.1 Å². The second-order valence-electron chi connectivity index (χ2n) is 6.90. The summed E-state index contributed by atoms with van der Waals surface area (Å²) in [5.41, 5.74) is 0. The first-order valence-corrected chi connectivity index (χ1v) is 8.75. The average molecular weight is 346 g/mol. The fourth-order valence-corrected chi connectivity index (χ4v) is 3.20. The van der Waals surface area contributed by atoms with Crippen molar-refractivity contribution in [3.8, 4) is 0 Å². The lowest BCUT2D eigenvalue weighted by molar-refractivity contribution is -0.134. The topological polar surface area (TPSA) is 80.3 Å². The van der Waals surface area contributed by atoms with Crippen molar-refractivity contribution in [3.05, 3.63) is 29.9 Å². The van der Waals surface area contributed by atoms with E-state index in [-0.39, 0.29) is 11.9 Å². The van der Waals surface area contributed by atoms with E-state index in [4.69, 9.17) is 4.52 Å². The van der Waals surface area contributed by atoms with Gasteiger partial charge in [-0.15, -0.1) is 0 Å². The van der Waals surface area contributed by atoms with Gasteiger partial charge in [0.2, 0.25) is 11.8 Å². The number of hydrogen-bond donors (Lipinski definition) is 0. The number of rotatable bonds is 5. The van der Waals surface area contributed by atoms with Crippen LogP contribution in [0.2, 0.25) is 0 Å². The van der Waals surface area contributed by atoms with E-state index in [1.807, 2.05) is 18.1 Å². The van der Waals surface area contributed by atoms with Crippen molar-refractivity contribution >= 4 is 5.91 Å². The monoisotopic (exact) mass is 346 g/mol. The molecule has 0 radical (unpaired) electrons. The fourth-order valence-electron chi connectivity index (χ4n) is 3.20. The molecule has 0 unspecified atom stereocenters. The predicted octanol–water partition coefficient (Wildman–Crippen LogP) is 1.60. The summed E-state index contributed by atoms with van der Waals surface area (Å²) in [5, 5.41) is 3.87. The number of nitrogens with zero attached hydrogens (tertiary/aromatic N) is 6. The van der Waals surface area contributed by atoms with Crippen LogP contribution in [0.3, 0.4) is 0 Å². The minimum atomic E-state index is -0.0432. The number of aryl methyl sites for hydroxylation is 2. The number of piperazine rings is 1. The van der Waals surface area contributed by atoms with Crippen LogP contribution in [0.5, 0.6) is 0 Å². The number of hydrogen-bond acceptors (Lipinski definition) is 6. The molecule has 0 aliphatic carbocycles. The molecule has 2 aromatic heterocycles. The maximum absolute atomic E-state index is 12.7. The summed E-state index contributed by atoms with van der Waals surface area (Å²) in [4.78, 5) is 25.4. The molecule has 8 nitrogen and oxygen atoms in total. The van der Waals surface area contributed by atoms with Crippen molar-refractivity contribution in [3.63, 3.8) is 0 Å². The Morgan fingerprint density at radius 3 is 2.88 bits per heavy atom. The number of aromatic nitrogens is 4. The Balaban J connectivity index is 1.61. The highest BCUT2D eigenvalue weighted by atomic mass is 16.5. The minimum absolute atomic E-state index is 0.0432. The second kappa shape index (κ2) is 7.35. The molecule has 0 spiro atoms. The first-order chi connectivity index (χ1) is 12.0. The largest absolute Gasteiger partial charge is 0.339 e. The van der Waals surface area contributed by atoms with Crippen molar-refractivity contribution in [2.75, 3.05) is 26.7 Å². The maximum atomic E-state index is 12.7. The third-order valence-electron chi connectivity index (χ3n) is 4.66. The summed E-state index contributed by atoms with van der Waals surface area (Å²) < 4.78 is 7.38. The highest BCUT2D eigenvalue weighted by Gasteiger charge is 2.31. The van der Waals surface area contributed by atoms with Crippen LogP contribution >= 0.6 is 0 Å². The molecule has 136 valence electrons. The molecular weight excluding hydrogens is 320 g/mol. The van der Waals surface area contributed by atoms with E-state index in [2.05, 4.69) is 38.4 Å². The van der Waals surface area contributed by atoms with Gasteiger partial charge in [0.15, 0.2) is 5.82 Å². The Morgan fingerprint density at radius 1 is 1.40 bits per heavy atom. The van der Waals surface area contributed by atoms with E-state index in [0.29, 0.717) is 37.1 Å². The van der Waals surface area contributed by atoms with E-state index in [1.54, 1.807) is 13.1 Å². The Bertz CT molecular complexity index is 722. The summed E-state index contributed by atoms with van der Waals surface area (Å²) in [6.45, 7) is 8.77. The molecule has 8 heteroatoms. The van der Waals surface area contributed by atoms with E-state index in [1.165, 1.54) is 0 Å². The molecule has 0 bridgehead atoms. The molecule has 0 N–H and O–H groups in total. The number of amides is 1. The molecule has 3 heterocycles. The van der Waals surface area contributed by atoms with E-state index in [0.717, 1.165) is 18.9 Å². The zero-order valence-corrected chi connectivity index (χ0v) is 15.3. The smallest absolute Gasteiger partial charge is 0.245 e. The first kappa shape index (κ1) is 17.6. The van der Waals surface area contributed by atoms with E-state index in [9.17, 15) is 4.79 Å².